The lowest BCUT2D eigenvalue weighted by Crippen LogP contribution is -2.30. The maximum atomic E-state index is 12.9. The molecule has 6 nitrogen and oxygen atoms in total. The smallest absolute Gasteiger partial charge is 0.306 e. The summed E-state index contributed by atoms with van der Waals surface area (Å²) in [4.78, 5) is 38.4. The minimum atomic E-state index is -0.788. The van der Waals surface area contributed by atoms with Crippen molar-refractivity contribution < 1.29 is 28.6 Å². The van der Waals surface area contributed by atoms with Crippen LogP contribution in [0.25, 0.3) is 0 Å². The summed E-state index contributed by atoms with van der Waals surface area (Å²) < 4.78 is 17.0. The Morgan fingerprint density at radius 1 is 0.269 bits per heavy atom. The maximum absolute atomic E-state index is 12.9. The van der Waals surface area contributed by atoms with Gasteiger partial charge in [0.1, 0.15) is 13.2 Å². The number of esters is 3. The Bertz CT molecular complexity index is 1530. The summed E-state index contributed by atoms with van der Waals surface area (Å²) in [5.74, 6) is -0.891. The first-order valence-electron chi connectivity index (χ1n) is 33.2. The van der Waals surface area contributed by atoms with Crippen LogP contribution in [0.5, 0.6) is 0 Å². The van der Waals surface area contributed by atoms with Crippen molar-refractivity contribution >= 4 is 17.9 Å². The quantitative estimate of drug-likeness (QED) is 0.0261. The highest BCUT2D eigenvalue weighted by atomic mass is 16.6. The summed E-state index contributed by atoms with van der Waals surface area (Å²) in [5.41, 5.74) is 0. The van der Waals surface area contributed by atoms with Crippen LogP contribution in [0, 0.1) is 0 Å². The molecule has 0 aliphatic rings. The highest BCUT2D eigenvalue weighted by molar-refractivity contribution is 5.71. The van der Waals surface area contributed by atoms with Gasteiger partial charge in [0.05, 0.1) is 0 Å². The van der Waals surface area contributed by atoms with Gasteiger partial charge in [-0.05, 0) is 122 Å². The Kier molecular flexibility index (Phi) is 62.7. The van der Waals surface area contributed by atoms with Gasteiger partial charge in [-0.25, -0.2) is 0 Å². The van der Waals surface area contributed by atoms with Gasteiger partial charge in [0, 0.05) is 19.3 Å². The highest BCUT2D eigenvalue weighted by Crippen LogP contribution is 2.16. The van der Waals surface area contributed by atoms with Crippen molar-refractivity contribution in [2.45, 2.75) is 329 Å². The van der Waals surface area contributed by atoms with Crippen LogP contribution in [0.2, 0.25) is 0 Å². The summed E-state index contributed by atoms with van der Waals surface area (Å²) in [7, 11) is 0. The molecule has 0 aromatic rings. The first-order valence-corrected chi connectivity index (χ1v) is 33.2. The third-order valence-corrected chi connectivity index (χ3v) is 14.3. The van der Waals surface area contributed by atoms with Crippen molar-refractivity contribution in [3.63, 3.8) is 0 Å². The summed E-state index contributed by atoms with van der Waals surface area (Å²) in [5, 5.41) is 0. The van der Waals surface area contributed by atoms with E-state index in [4.69, 9.17) is 14.2 Å². The van der Waals surface area contributed by atoms with Crippen LogP contribution < -0.4 is 0 Å². The third kappa shape index (κ3) is 63.2. The zero-order valence-corrected chi connectivity index (χ0v) is 51.4. The van der Waals surface area contributed by atoms with Gasteiger partial charge in [-0.15, -0.1) is 0 Å². The molecule has 0 bridgehead atoms. The van der Waals surface area contributed by atoms with E-state index in [2.05, 4.69) is 118 Å². The molecule has 0 saturated carbocycles. The fourth-order valence-electron chi connectivity index (χ4n) is 9.32. The number of unbranched alkanes of at least 4 members (excludes halogenated alkanes) is 33. The molecule has 0 heterocycles. The standard InChI is InChI=1S/C72H124O6/c1-4-7-10-13-16-19-22-25-28-31-33-34-35-36-37-38-40-41-44-47-50-53-56-59-62-65-71(74)77-68-69(67-76-70(73)64-61-58-55-52-49-46-43-30-27-24-21-18-15-12-9-6-3)78-72(75)66-63-60-57-54-51-48-45-42-39-32-29-26-23-20-17-14-11-8-5-2/h7,10,16-17,19-21,24-26,28-30,33-34,43,69H,4-6,8-9,11-15,18,22-23,27,31-32,35-42,44-68H2,1-3H3/b10-7-,19-16-,20-17-,24-21-,28-25-,29-26-,34-33-,43-30-. The molecule has 0 aromatic carbocycles. The summed E-state index contributed by atoms with van der Waals surface area (Å²) >= 11 is 0. The number of rotatable bonds is 60. The predicted molar refractivity (Wildman–Crippen MR) is 339 cm³/mol. The van der Waals surface area contributed by atoms with E-state index in [1.165, 1.54) is 173 Å². The van der Waals surface area contributed by atoms with Crippen LogP contribution in [0.3, 0.4) is 0 Å². The molecule has 1 atom stereocenters. The fourth-order valence-corrected chi connectivity index (χ4v) is 9.32. The lowest BCUT2D eigenvalue weighted by molar-refractivity contribution is -0.167. The van der Waals surface area contributed by atoms with Crippen LogP contribution in [0.15, 0.2) is 97.2 Å². The Morgan fingerprint density at radius 2 is 0.500 bits per heavy atom. The van der Waals surface area contributed by atoms with E-state index < -0.39 is 6.10 Å². The number of hydrogen-bond donors (Lipinski definition) is 0. The molecular formula is C72H124O6. The van der Waals surface area contributed by atoms with Gasteiger partial charge in [0.2, 0.25) is 0 Å². The Labute approximate surface area is 483 Å². The number of carbonyl (C=O) groups is 3. The molecule has 448 valence electrons. The molecule has 6 heteroatoms. The predicted octanol–water partition coefficient (Wildman–Crippen LogP) is 22.8. The van der Waals surface area contributed by atoms with Crippen molar-refractivity contribution in [1.82, 2.24) is 0 Å². The van der Waals surface area contributed by atoms with Crippen molar-refractivity contribution in [2.75, 3.05) is 13.2 Å². The van der Waals surface area contributed by atoms with E-state index in [0.717, 1.165) is 109 Å². The first-order chi connectivity index (χ1) is 38.5. The largest absolute Gasteiger partial charge is 0.462 e. The van der Waals surface area contributed by atoms with Gasteiger partial charge in [0.15, 0.2) is 6.10 Å². The van der Waals surface area contributed by atoms with Crippen molar-refractivity contribution in [2.24, 2.45) is 0 Å². The van der Waals surface area contributed by atoms with Gasteiger partial charge in [-0.1, -0.05) is 279 Å². The molecule has 78 heavy (non-hydrogen) atoms. The summed E-state index contributed by atoms with van der Waals surface area (Å²) in [6.07, 6.45) is 88.4. The van der Waals surface area contributed by atoms with Crippen molar-refractivity contribution in [3.8, 4) is 0 Å². The van der Waals surface area contributed by atoms with Crippen LogP contribution in [-0.2, 0) is 28.6 Å². The zero-order valence-electron chi connectivity index (χ0n) is 51.4. The van der Waals surface area contributed by atoms with Gasteiger partial charge < -0.3 is 14.2 Å². The number of allylic oxidation sites excluding steroid dienone is 16. The average Bonchev–Trinajstić information content (AvgIpc) is 3.44. The molecule has 1 unspecified atom stereocenters. The normalized spacial score (nSPS) is 12.7. The van der Waals surface area contributed by atoms with Crippen molar-refractivity contribution in [3.05, 3.63) is 97.2 Å². The van der Waals surface area contributed by atoms with E-state index in [9.17, 15) is 14.4 Å². The zero-order chi connectivity index (χ0) is 56.4. The maximum Gasteiger partial charge on any atom is 0.306 e. The van der Waals surface area contributed by atoms with E-state index in [-0.39, 0.29) is 31.1 Å². The molecule has 0 spiro atoms. The van der Waals surface area contributed by atoms with E-state index in [1.54, 1.807) is 0 Å². The topological polar surface area (TPSA) is 78.9 Å². The molecule has 0 radical (unpaired) electrons. The second-order valence-electron chi connectivity index (χ2n) is 22.0. The Hall–Kier alpha value is -3.67. The number of hydrogen-bond acceptors (Lipinski definition) is 6. The lowest BCUT2D eigenvalue weighted by Gasteiger charge is -2.18. The molecule has 0 aliphatic carbocycles. The van der Waals surface area contributed by atoms with Gasteiger partial charge in [-0.3, -0.25) is 14.4 Å². The number of ether oxygens (including phenoxy) is 3. The minimum Gasteiger partial charge on any atom is -0.462 e. The van der Waals surface area contributed by atoms with Crippen LogP contribution in [0.1, 0.15) is 323 Å². The molecular weight excluding hydrogens is 961 g/mol. The second kappa shape index (κ2) is 65.8. The molecule has 0 fully saturated rings. The third-order valence-electron chi connectivity index (χ3n) is 14.3. The molecule has 0 amide bonds. The van der Waals surface area contributed by atoms with E-state index >= 15 is 0 Å². The van der Waals surface area contributed by atoms with Gasteiger partial charge in [0.25, 0.3) is 0 Å². The highest BCUT2D eigenvalue weighted by Gasteiger charge is 2.19. The SMILES string of the molecule is CC/C=C\C/C=C\C/C=C\C/C=C\CCCCCCCCCCCCCCC(=O)OCC(COC(=O)CCCCCCC/C=C\C/C=C\CCCCCC)OC(=O)CCCCCCCCCCC/C=C\C/C=C\CCCCC. The van der Waals surface area contributed by atoms with Crippen molar-refractivity contribution in [1.29, 1.82) is 0 Å². The molecule has 0 saturated heterocycles. The average molecular weight is 1090 g/mol. The van der Waals surface area contributed by atoms with E-state index in [1.807, 2.05) is 0 Å². The Balaban J connectivity index is 4.36. The molecule has 0 aromatic heterocycles. The van der Waals surface area contributed by atoms with Crippen LogP contribution >= 0.6 is 0 Å². The summed E-state index contributed by atoms with van der Waals surface area (Å²) in [6, 6.07) is 0. The first kappa shape index (κ1) is 74.3. The van der Waals surface area contributed by atoms with Gasteiger partial charge in [-0.2, -0.15) is 0 Å². The Morgan fingerprint density at radius 3 is 0.808 bits per heavy atom. The number of carbonyl (C=O) groups excluding carboxylic acids is 3. The minimum absolute atomic E-state index is 0.0836. The molecule has 0 rings (SSSR count). The molecule has 0 N–H and O–H groups in total. The van der Waals surface area contributed by atoms with Crippen LogP contribution in [-0.4, -0.2) is 37.2 Å². The second-order valence-corrected chi connectivity index (χ2v) is 22.0. The molecule has 0 aliphatic heterocycles. The van der Waals surface area contributed by atoms with Gasteiger partial charge >= 0.3 is 17.9 Å². The van der Waals surface area contributed by atoms with E-state index in [0.29, 0.717) is 19.3 Å². The monoisotopic (exact) mass is 1080 g/mol. The summed E-state index contributed by atoms with van der Waals surface area (Å²) in [6.45, 7) is 6.50. The lowest BCUT2D eigenvalue weighted by atomic mass is 10.0. The fraction of sp³-hybridized carbons (Fsp3) is 0.736. The van der Waals surface area contributed by atoms with Crippen LogP contribution in [0.4, 0.5) is 0 Å².